The molecular weight excluding hydrogens is 396 g/mol. The summed E-state index contributed by atoms with van der Waals surface area (Å²) in [5.41, 5.74) is -0.329. The van der Waals surface area contributed by atoms with E-state index in [-0.39, 0.29) is 33.5 Å². The van der Waals surface area contributed by atoms with Crippen LogP contribution in [0.1, 0.15) is 27.2 Å². The smallest absolute Gasteiger partial charge is 0.407 e. The zero-order valence-corrected chi connectivity index (χ0v) is 16.9. The number of pyridine rings is 1. The second-order valence-electron chi connectivity index (χ2n) is 7.70. The third-order valence-corrected chi connectivity index (χ3v) is 5.36. The molecule has 2 aromatic heterocycles. The molecular formula is C17H20Cl2FN5O2. The Kier molecular flexibility index (Phi) is 5.07. The number of hydrogen-bond donors (Lipinski definition) is 1. The van der Waals surface area contributed by atoms with Gasteiger partial charge in [0.25, 0.3) is 0 Å². The summed E-state index contributed by atoms with van der Waals surface area (Å²) in [4.78, 5) is 27.0. The van der Waals surface area contributed by atoms with Crippen LogP contribution in [0.4, 0.5) is 15.0 Å². The topological polar surface area (TPSA) is 82.5 Å². The largest absolute Gasteiger partial charge is 0.465 e. The van der Waals surface area contributed by atoms with Crippen molar-refractivity contribution >= 4 is 46.0 Å². The predicted molar refractivity (Wildman–Crippen MR) is 102 cm³/mol. The lowest BCUT2D eigenvalue weighted by Crippen LogP contribution is -2.52. The van der Waals surface area contributed by atoms with Gasteiger partial charge in [-0.15, -0.1) is 0 Å². The fourth-order valence-electron chi connectivity index (χ4n) is 3.86. The molecule has 1 saturated heterocycles. The van der Waals surface area contributed by atoms with E-state index in [1.807, 2.05) is 25.7 Å². The molecule has 146 valence electrons. The highest BCUT2D eigenvalue weighted by molar-refractivity contribution is 6.30. The number of rotatable bonds is 2. The molecule has 7 nitrogen and oxygen atoms in total. The Hall–Kier alpha value is -1.93. The van der Waals surface area contributed by atoms with E-state index in [1.54, 1.807) is 7.05 Å². The fourth-order valence-corrected chi connectivity index (χ4v) is 4.16. The summed E-state index contributed by atoms with van der Waals surface area (Å²) in [5, 5.41) is 9.54. The standard InChI is InChI=1S/C17H20Cl2FN5O2/c1-17(2,3)12-9(5-6-25(12)16(26)27)24(4)14-8-7-21-13(18)10(20)11(8)22-15(19)23-14/h7,9,12H,5-6H2,1-4H3,(H,26,27)/t9-,12?/m1/s1. The highest BCUT2D eigenvalue weighted by Crippen LogP contribution is 2.38. The Morgan fingerprint density at radius 3 is 2.63 bits per heavy atom. The predicted octanol–water partition coefficient (Wildman–Crippen LogP) is 4.07. The molecule has 0 saturated carbocycles. The summed E-state index contributed by atoms with van der Waals surface area (Å²) in [6.45, 7) is 6.38. The summed E-state index contributed by atoms with van der Waals surface area (Å²) in [5.74, 6) is -0.376. The maximum Gasteiger partial charge on any atom is 0.407 e. The van der Waals surface area contributed by atoms with Crippen molar-refractivity contribution in [3.8, 4) is 0 Å². The summed E-state index contributed by atoms with van der Waals surface area (Å²) < 4.78 is 14.4. The first-order valence-electron chi connectivity index (χ1n) is 8.42. The molecule has 1 fully saturated rings. The zero-order chi connectivity index (χ0) is 20.1. The molecule has 3 heterocycles. The number of fused-ring (bicyclic) bond motifs is 1. The Balaban J connectivity index is 2.11. The first-order valence-corrected chi connectivity index (χ1v) is 9.17. The normalized spacial score (nSPS) is 20.3. The summed E-state index contributed by atoms with van der Waals surface area (Å²) in [6.07, 6.45) is 1.05. The van der Waals surface area contributed by atoms with E-state index in [1.165, 1.54) is 11.1 Å². The number of carboxylic acid groups (broad SMARTS) is 1. The maximum atomic E-state index is 14.4. The molecule has 1 unspecified atom stereocenters. The molecule has 27 heavy (non-hydrogen) atoms. The molecule has 0 bridgehead atoms. The van der Waals surface area contributed by atoms with Crippen molar-refractivity contribution < 1.29 is 14.3 Å². The molecule has 1 aliphatic rings. The van der Waals surface area contributed by atoms with Crippen molar-refractivity contribution in [2.75, 3.05) is 18.5 Å². The lowest BCUT2D eigenvalue weighted by Gasteiger charge is -2.40. The highest BCUT2D eigenvalue weighted by atomic mass is 35.5. The van der Waals surface area contributed by atoms with Gasteiger partial charge in [-0.3, -0.25) is 0 Å². The minimum Gasteiger partial charge on any atom is -0.465 e. The molecule has 10 heteroatoms. The van der Waals surface area contributed by atoms with Crippen LogP contribution in [-0.4, -0.2) is 56.7 Å². The number of anilines is 1. The van der Waals surface area contributed by atoms with Crippen molar-refractivity contribution in [2.45, 2.75) is 39.3 Å². The number of likely N-dealkylation sites (N-methyl/N-ethyl adjacent to an activating group) is 1. The van der Waals surface area contributed by atoms with Gasteiger partial charge in [0, 0.05) is 19.8 Å². The van der Waals surface area contributed by atoms with Gasteiger partial charge in [-0.1, -0.05) is 32.4 Å². The summed E-state index contributed by atoms with van der Waals surface area (Å²) in [7, 11) is 1.79. The van der Waals surface area contributed by atoms with Crippen molar-refractivity contribution in [1.29, 1.82) is 0 Å². The average molecular weight is 416 g/mol. The highest BCUT2D eigenvalue weighted by Gasteiger charge is 2.46. The van der Waals surface area contributed by atoms with E-state index < -0.39 is 11.9 Å². The summed E-state index contributed by atoms with van der Waals surface area (Å²) >= 11 is 11.8. The maximum absolute atomic E-state index is 14.4. The molecule has 2 atom stereocenters. The number of carbonyl (C=O) groups is 1. The number of hydrogen-bond acceptors (Lipinski definition) is 5. The van der Waals surface area contributed by atoms with Gasteiger partial charge >= 0.3 is 6.09 Å². The van der Waals surface area contributed by atoms with Gasteiger partial charge in [0.1, 0.15) is 11.3 Å². The van der Waals surface area contributed by atoms with E-state index in [0.29, 0.717) is 24.2 Å². The number of halogens is 3. The number of nitrogens with zero attached hydrogens (tertiary/aromatic N) is 5. The van der Waals surface area contributed by atoms with Crippen molar-refractivity contribution in [1.82, 2.24) is 19.9 Å². The lowest BCUT2D eigenvalue weighted by molar-refractivity contribution is 0.101. The van der Waals surface area contributed by atoms with Crippen molar-refractivity contribution in [2.24, 2.45) is 5.41 Å². The molecule has 0 aliphatic carbocycles. The monoisotopic (exact) mass is 415 g/mol. The number of amides is 1. The van der Waals surface area contributed by atoms with Crippen LogP contribution < -0.4 is 4.90 Å². The zero-order valence-electron chi connectivity index (χ0n) is 15.4. The van der Waals surface area contributed by atoms with E-state index >= 15 is 0 Å². The van der Waals surface area contributed by atoms with Crippen LogP contribution in [0.25, 0.3) is 10.9 Å². The first kappa shape index (κ1) is 19.8. The van der Waals surface area contributed by atoms with Crippen LogP contribution in [0.5, 0.6) is 0 Å². The number of likely N-dealkylation sites (tertiary alicyclic amines) is 1. The average Bonchev–Trinajstić information content (AvgIpc) is 3.03. The van der Waals surface area contributed by atoms with Crippen LogP contribution in [-0.2, 0) is 0 Å². The Morgan fingerprint density at radius 1 is 1.37 bits per heavy atom. The molecule has 3 rings (SSSR count). The van der Waals surface area contributed by atoms with Gasteiger partial charge in [-0.2, -0.15) is 4.98 Å². The van der Waals surface area contributed by atoms with E-state index in [0.717, 1.165) is 0 Å². The Labute approximate surface area is 166 Å². The van der Waals surface area contributed by atoms with E-state index in [4.69, 9.17) is 23.2 Å². The van der Waals surface area contributed by atoms with Crippen molar-refractivity contribution in [3.63, 3.8) is 0 Å². The van der Waals surface area contributed by atoms with Gasteiger partial charge in [0.15, 0.2) is 11.0 Å². The molecule has 1 aliphatic heterocycles. The van der Waals surface area contributed by atoms with Gasteiger partial charge in [-0.05, 0) is 23.4 Å². The first-order chi connectivity index (χ1) is 12.5. The summed E-state index contributed by atoms with van der Waals surface area (Å²) in [6, 6.07) is -0.456. The SMILES string of the molecule is CN(c1nc(Cl)nc2c(F)c(Cl)ncc12)[C@@H]1CCN(C(=O)O)C1C(C)(C)C. The molecule has 1 amide bonds. The molecule has 0 aromatic carbocycles. The second kappa shape index (κ2) is 6.91. The minimum absolute atomic E-state index is 0.0164. The van der Waals surface area contributed by atoms with Crippen molar-refractivity contribution in [3.05, 3.63) is 22.5 Å². The van der Waals surface area contributed by atoms with Gasteiger partial charge in [0.05, 0.1) is 17.5 Å². The van der Waals surface area contributed by atoms with E-state index in [9.17, 15) is 14.3 Å². The number of aromatic nitrogens is 3. The van der Waals surface area contributed by atoms with Crippen LogP contribution in [0.15, 0.2) is 6.20 Å². The lowest BCUT2D eigenvalue weighted by atomic mass is 9.82. The molecule has 0 radical (unpaired) electrons. The molecule has 2 aromatic rings. The third-order valence-electron chi connectivity index (χ3n) is 4.92. The van der Waals surface area contributed by atoms with Crippen LogP contribution in [0.2, 0.25) is 10.4 Å². The van der Waals surface area contributed by atoms with Crippen LogP contribution in [0.3, 0.4) is 0 Å². The fraction of sp³-hybridized carbons (Fsp3) is 0.529. The molecule has 1 N–H and O–H groups in total. The van der Waals surface area contributed by atoms with Crippen LogP contribution in [0, 0.1) is 11.2 Å². The second-order valence-corrected chi connectivity index (χ2v) is 8.39. The molecule has 0 spiro atoms. The minimum atomic E-state index is -0.962. The van der Waals surface area contributed by atoms with Gasteiger partial charge in [0.2, 0.25) is 5.28 Å². The third kappa shape index (κ3) is 3.48. The van der Waals surface area contributed by atoms with Crippen LogP contribution >= 0.6 is 23.2 Å². The van der Waals surface area contributed by atoms with E-state index in [2.05, 4.69) is 15.0 Å². The van der Waals surface area contributed by atoms with Gasteiger partial charge in [-0.25, -0.2) is 19.2 Å². The Bertz CT molecular complexity index is 905. The Morgan fingerprint density at radius 2 is 2.04 bits per heavy atom. The quantitative estimate of drug-likeness (QED) is 0.587. The van der Waals surface area contributed by atoms with Gasteiger partial charge < -0.3 is 14.9 Å².